The molecule has 0 amide bonds. The van der Waals surface area contributed by atoms with Gasteiger partial charge < -0.3 is 4.42 Å². The van der Waals surface area contributed by atoms with Crippen molar-refractivity contribution in [1.82, 2.24) is 15.1 Å². The molecule has 140 valence electrons. The highest BCUT2D eigenvalue weighted by molar-refractivity contribution is 5.51. The molecule has 1 unspecified atom stereocenters. The standard InChI is InChI=1S/C23H22N4O/c24-15-17-6-8-18(9-7-17)16-27-12-10-23(11-13-27)14-20(23)22-26-25-21(28-22)19-4-2-1-3-5-19/h1-9,20H,10-14,16H2. The number of piperidine rings is 1. The quantitative estimate of drug-likeness (QED) is 0.682. The summed E-state index contributed by atoms with van der Waals surface area (Å²) in [5, 5.41) is 17.5. The van der Waals surface area contributed by atoms with Crippen LogP contribution in [0.2, 0.25) is 0 Å². The molecule has 1 saturated carbocycles. The van der Waals surface area contributed by atoms with Gasteiger partial charge in [0.25, 0.3) is 0 Å². The molecule has 1 aliphatic carbocycles. The van der Waals surface area contributed by atoms with Crippen LogP contribution in [0, 0.1) is 16.7 Å². The monoisotopic (exact) mass is 370 g/mol. The van der Waals surface area contributed by atoms with E-state index >= 15 is 0 Å². The average Bonchev–Trinajstić information content (AvgIpc) is 3.22. The zero-order valence-corrected chi connectivity index (χ0v) is 15.7. The normalized spacial score (nSPS) is 20.8. The van der Waals surface area contributed by atoms with Crippen LogP contribution >= 0.6 is 0 Å². The summed E-state index contributed by atoms with van der Waals surface area (Å²) in [4.78, 5) is 2.51. The zero-order chi connectivity index (χ0) is 19.0. The Morgan fingerprint density at radius 2 is 1.79 bits per heavy atom. The van der Waals surface area contributed by atoms with Gasteiger partial charge in [0.05, 0.1) is 11.6 Å². The summed E-state index contributed by atoms with van der Waals surface area (Å²) >= 11 is 0. The predicted molar refractivity (Wildman–Crippen MR) is 105 cm³/mol. The van der Waals surface area contributed by atoms with Crippen molar-refractivity contribution in [2.24, 2.45) is 5.41 Å². The molecule has 1 saturated heterocycles. The van der Waals surface area contributed by atoms with Gasteiger partial charge in [-0.2, -0.15) is 5.26 Å². The fourth-order valence-electron chi connectivity index (χ4n) is 4.42. The summed E-state index contributed by atoms with van der Waals surface area (Å²) in [7, 11) is 0. The number of rotatable bonds is 4. The maximum absolute atomic E-state index is 8.92. The van der Waals surface area contributed by atoms with Crippen molar-refractivity contribution < 1.29 is 4.42 Å². The van der Waals surface area contributed by atoms with Crippen molar-refractivity contribution in [2.75, 3.05) is 13.1 Å². The molecule has 2 fully saturated rings. The molecule has 0 radical (unpaired) electrons. The number of benzene rings is 2. The summed E-state index contributed by atoms with van der Waals surface area (Å²) < 4.78 is 6.00. The van der Waals surface area contributed by atoms with Crippen molar-refractivity contribution >= 4 is 0 Å². The van der Waals surface area contributed by atoms with Gasteiger partial charge in [-0.1, -0.05) is 30.3 Å². The number of aromatic nitrogens is 2. The van der Waals surface area contributed by atoms with Crippen LogP contribution in [0.5, 0.6) is 0 Å². The molecule has 5 heteroatoms. The predicted octanol–water partition coefficient (Wildman–Crippen LogP) is 4.38. The van der Waals surface area contributed by atoms with E-state index in [9.17, 15) is 0 Å². The van der Waals surface area contributed by atoms with Crippen molar-refractivity contribution in [3.63, 3.8) is 0 Å². The highest BCUT2D eigenvalue weighted by atomic mass is 16.4. The maximum atomic E-state index is 8.92. The largest absolute Gasteiger partial charge is 0.420 e. The zero-order valence-electron chi connectivity index (χ0n) is 15.7. The summed E-state index contributed by atoms with van der Waals surface area (Å²) in [6, 6.07) is 20.1. The lowest BCUT2D eigenvalue weighted by molar-refractivity contribution is 0.160. The maximum Gasteiger partial charge on any atom is 0.247 e. The molecule has 1 spiro atoms. The lowest BCUT2D eigenvalue weighted by Gasteiger charge is -2.32. The minimum Gasteiger partial charge on any atom is -0.420 e. The van der Waals surface area contributed by atoms with Crippen molar-refractivity contribution in [2.45, 2.75) is 31.7 Å². The second-order valence-electron chi connectivity index (χ2n) is 8.02. The molecule has 28 heavy (non-hydrogen) atoms. The molecule has 0 N–H and O–H groups in total. The van der Waals surface area contributed by atoms with Gasteiger partial charge in [0.15, 0.2) is 0 Å². The van der Waals surface area contributed by atoms with E-state index in [1.165, 1.54) is 18.4 Å². The smallest absolute Gasteiger partial charge is 0.247 e. The molecular formula is C23H22N4O. The first-order valence-corrected chi connectivity index (χ1v) is 9.86. The Hall–Kier alpha value is -2.97. The van der Waals surface area contributed by atoms with Gasteiger partial charge in [0, 0.05) is 18.0 Å². The van der Waals surface area contributed by atoms with Crippen LogP contribution in [-0.4, -0.2) is 28.2 Å². The van der Waals surface area contributed by atoms with Crippen LogP contribution in [0.15, 0.2) is 59.0 Å². The van der Waals surface area contributed by atoms with Crippen LogP contribution in [0.25, 0.3) is 11.5 Å². The molecule has 2 heterocycles. The van der Waals surface area contributed by atoms with E-state index in [1.807, 2.05) is 42.5 Å². The van der Waals surface area contributed by atoms with Crippen LogP contribution in [0.1, 0.15) is 42.2 Å². The lowest BCUT2D eigenvalue weighted by Crippen LogP contribution is -2.34. The molecule has 1 aliphatic heterocycles. The molecule has 1 aromatic heterocycles. The van der Waals surface area contributed by atoms with Gasteiger partial charge in [-0.3, -0.25) is 4.90 Å². The van der Waals surface area contributed by atoms with Crippen LogP contribution < -0.4 is 0 Å². The lowest BCUT2D eigenvalue weighted by atomic mass is 9.90. The van der Waals surface area contributed by atoms with E-state index in [0.717, 1.165) is 43.1 Å². The number of nitrogens with zero attached hydrogens (tertiary/aromatic N) is 4. The van der Waals surface area contributed by atoms with E-state index in [4.69, 9.17) is 9.68 Å². The molecule has 5 rings (SSSR count). The van der Waals surface area contributed by atoms with Crippen molar-refractivity contribution in [1.29, 1.82) is 5.26 Å². The summed E-state index contributed by atoms with van der Waals surface area (Å²) in [5.41, 5.74) is 3.32. The van der Waals surface area contributed by atoms with Crippen molar-refractivity contribution in [3.8, 4) is 17.5 Å². The Morgan fingerprint density at radius 1 is 1.04 bits per heavy atom. The fourth-order valence-corrected chi connectivity index (χ4v) is 4.42. The number of hydrogen-bond acceptors (Lipinski definition) is 5. The first kappa shape index (κ1) is 17.2. The molecule has 1 atom stereocenters. The molecular weight excluding hydrogens is 348 g/mol. The van der Waals surface area contributed by atoms with E-state index in [-0.39, 0.29) is 0 Å². The Bertz CT molecular complexity index is 995. The average molecular weight is 370 g/mol. The molecule has 5 nitrogen and oxygen atoms in total. The molecule has 0 bridgehead atoms. The van der Waals surface area contributed by atoms with Gasteiger partial charge in [-0.15, -0.1) is 10.2 Å². The summed E-state index contributed by atoms with van der Waals surface area (Å²) in [5.74, 6) is 1.84. The summed E-state index contributed by atoms with van der Waals surface area (Å²) in [6.07, 6.45) is 3.52. The summed E-state index contributed by atoms with van der Waals surface area (Å²) in [6.45, 7) is 3.14. The van der Waals surface area contributed by atoms with Gasteiger partial charge in [-0.25, -0.2) is 0 Å². The second-order valence-corrected chi connectivity index (χ2v) is 8.02. The topological polar surface area (TPSA) is 66.0 Å². The fraction of sp³-hybridized carbons (Fsp3) is 0.348. The Morgan fingerprint density at radius 3 is 2.50 bits per heavy atom. The number of hydrogen-bond donors (Lipinski definition) is 0. The molecule has 2 aromatic carbocycles. The Balaban J connectivity index is 1.20. The van der Waals surface area contributed by atoms with Crippen LogP contribution in [-0.2, 0) is 6.54 Å². The number of likely N-dealkylation sites (tertiary alicyclic amines) is 1. The van der Waals surface area contributed by atoms with E-state index in [0.29, 0.717) is 17.2 Å². The Kier molecular flexibility index (Phi) is 4.22. The highest BCUT2D eigenvalue weighted by Gasteiger charge is 2.58. The third-order valence-corrected chi connectivity index (χ3v) is 6.29. The van der Waals surface area contributed by atoms with Crippen LogP contribution in [0.4, 0.5) is 0 Å². The van der Waals surface area contributed by atoms with Gasteiger partial charge in [0.2, 0.25) is 11.8 Å². The van der Waals surface area contributed by atoms with Gasteiger partial charge >= 0.3 is 0 Å². The first-order chi connectivity index (χ1) is 13.8. The molecule has 2 aliphatic rings. The SMILES string of the molecule is N#Cc1ccc(CN2CCC3(CC2)CC3c2nnc(-c3ccccc3)o2)cc1. The minimum atomic E-state index is 0.349. The van der Waals surface area contributed by atoms with E-state index < -0.39 is 0 Å². The van der Waals surface area contributed by atoms with Gasteiger partial charge in [-0.05, 0) is 67.6 Å². The molecule has 3 aromatic rings. The second kappa shape index (κ2) is 6.88. The van der Waals surface area contributed by atoms with Crippen molar-refractivity contribution in [3.05, 3.63) is 71.6 Å². The van der Waals surface area contributed by atoms with E-state index in [1.54, 1.807) is 0 Å². The Labute approximate surface area is 164 Å². The third kappa shape index (κ3) is 3.21. The first-order valence-electron chi connectivity index (χ1n) is 9.86. The number of nitriles is 1. The van der Waals surface area contributed by atoms with E-state index in [2.05, 4.69) is 33.3 Å². The highest BCUT2D eigenvalue weighted by Crippen LogP contribution is 2.64. The minimum absolute atomic E-state index is 0.349. The van der Waals surface area contributed by atoms with Gasteiger partial charge in [0.1, 0.15) is 0 Å². The van der Waals surface area contributed by atoms with Crippen LogP contribution in [0.3, 0.4) is 0 Å². The third-order valence-electron chi connectivity index (χ3n) is 6.29.